The lowest BCUT2D eigenvalue weighted by Crippen LogP contribution is -2.71. The minimum atomic E-state index is -1.02. The van der Waals surface area contributed by atoms with Gasteiger partial charge in [-0.2, -0.15) is 0 Å². The average Bonchev–Trinajstić information content (AvgIpc) is 2.26. The van der Waals surface area contributed by atoms with Crippen LogP contribution in [0, 0.1) is 5.41 Å². The van der Waals surface area contributed by atoms with Crippen LogP contribution in [-0.4, -0.2) is 45.6 Å². The Hall–Kier alpha value is -0.720. The molecule has 0 aromatic heterocycles. The molecule has 2 heterocycles. The van der Waals surface area contributed by atoms with Crippen molar-refractivity contribution in [2.75, 3.05) is 12.3 Å². The molecule has 0 aromatic rings. The molecule has 0 aliphatic carbocycles. The second-order valence-corrected chi connectivity index (χ2v) is 4.96. The molecule has 0 spiro atoms. The van der Waals surface area contributed by atoms with Crippen LogP contribution < -0.4 is 5.73 Å². The van der Waals surface area contributed by atoms with Crippen LogP contribution in [0.5, 0.6) is 0 Å². The molecule has 3 atom stereocenters. The molecule has 3 N–H and O–H groups in total. The summed E-state index contributed by atoms with van der Waals surface area (Å²) in [6, 6.07) is -0.466. The Morgan fingerprint density at radius 2 is 2.38 bits per heavy atom. The largest absolute Gasteiger partial charge is 0.481 e. The van der Waals surface area contributed by atoms with E-state index in [2.05, 4.69) is 6.58 Å². The number of halogens is 1. The SMILES string of the molecule is C=CC1(C(=O)O)CS[C@@H]2C(N)C(=O)N2C1.Cl. The summed E-state index contributed by atoms with van der Waals surface area (Å²) in [4.78, 5) is 24.0. The number of carbonyl (C=O) groups is 2. The number of amides is 1. The number of rotatable bonds is 2. The third-order valence-corrected chi connectivity index (χ3v) is 4.53. The van der Waals surface area contributed by atoms with Crippen LogP contribution in [0.3, 0.4) is 0 Å². The lowest BCUT2D eigenvalue weighted by molar-refractivity contribution is -0.153. The van der Waals surface area contributed by atoms with Crippen LogP contribution in [0.15, 0.2) is 12.7 Å². The molecule has 2 saturated heterocycles. The zero-order valence-corrected chi connectivity index (χ0v) is 10.1. The van der Waals surface area contributed by atoms with E-state index in [1.165, 1.54) is 22.7 Å². The zero-order valence-electron chi connectivity index (χ0n) is 8.46. The first-order chi connectivity index (χ1) is 7.02. The molecule has 2 rings (SSSR count). The fourth-order valence-electron chi connectivity index (χ4n) is 1.84. The number of thioether (sulfide) groups is 1. The van der Waals surface area contributed by atoms with Gasteiger partial charge in [0.1, 0.15) is 16.8 Å². The Labute approximate surface area is 103 Å². The highest BCUT2D eigenvalue weighted by molar-refractivity contribution is 8.00. The first-order valence-electron chi connectivity index (χ1n) is 4.56. The van der Waals surface area contributed by atoms with Gasteiger partial charge in [0, 0.05) is 12.3 Å². The Kier molecular flexibility index (Phi) is 3.56. The van der Waals surface area contributed by atoms with Gasteiger partial charge in [-0.3, -0.25) is 9.59 Å². The third kappa shape index (κ3) is 1.61. The van der Waals surface area contributed by atoms with Gasteiger partial charge in [0.15, 0.2) is 0 Å². The molecule has 2 aliphatic rings. The number of β-lactam (4-membered cyclic amide) rings is 1. The van der Waals surface area contributed by atoms with Crippen molar-refractivity contribution in [3.8, 4) is 0 Å². The molecule has 0 saturated carbocycles. The summed E-state index contributed by atoms with van der Waals surface area (Å²) in [5.74, 6) is -0.676. The summed E-state index contributed by atoms with van der Waals surface area (Å²) < 4.78 is 0. The maximum atomic E-state index is 11.4. The Morgan fingerprint density at radius 1 is 1.75 bits per heavy atom. The normalized spacial score (nSPS) is 36.8. The van der Waals surface area contributed by atoms with Crippen molar-refractivity contribution in [3.63, 3.8) is 0 Å². The minimum Gasteiger partial charge on any atom is -0.481 e. The highest BCUT2D eigenvalue weighted by Crippen LogP contribution is 2.41. The van der Waals surface area contributed by atoms with Crippen LogP contribution in [0.25, 0.3) is 0 Å². The number of nitrogens with two attached hydrogens (primary N) is 1. The van der Waals surface area contributed by atoms with Gasteiger partial charge in [-0.05, 0) is 0 Å². The maximum absolute atomic E-state index is 11.4. The Balaban J connectivity index is 0.00000128. The predicted molar refractivity (Wildman–Crippen MR) is 63.4 cm³/mol. The maximum Gasteiger partial charge on any atom is 0.316 e. The molecule has 2 aliphatic heterocycles. The van der Waals surface area contributed by atoms with E-state index in [0.29, 0.717) is 5.75 Å². The number of hydrogen-bond donors (Lipinski definition) is 2. The highest BCUT2D eigenvalue weighted by Gasteiger charge is 2.54. The fraction of sp³-hybridized carbons (Fsp3) is 0.556. The van der Waals surface area contributed by atoms with Gasteiger partial charge >= 0.3 is 5.97 Å². The van der Waals surface area contributed by atoms with Crippen molar-refractivity contribution in [1.82, 2.24) is 4.90 Å². The molecular weight excluding hydrogens is 252 g/mol. The number of carboxylic acid groups (broad SMARTS) is 1. The second-order valence-electron chi connectivity index (χ2n) is 3.86. The van der Waals surface area contributed by atoms with Gasteiger partial charge in [-0.25, -0.2) is 0 Å². The Bertz CT molecular complexity index is 352. The van der Waals surface area contributed by atoms with Crippen molar-refractivity contribution in [2.24, 2.45) is 11.1 Å². The smallest absolute Gasteiger partial charge is 0.316 e. The molecule has 5 nitrogen and oxygen atoms in total. The first kappa shape index (κ1) is 13.3. The van der Waals surface area contributed by atoms with Gasteiger partial charge in [0.05, 0.1) is 0 Å². The molecule has 0 aromatic carbocycles. The fourth-order valence-corrected chi connectivity index (χ4v) is 3.32. The van der Waals surface area contributed by atoms with Crippen LogP contribution in [0.4, 0.5) is 0 Å². The van der Waals surface area contributed by atoms with Crippen LogP contribution in [-0.2, 0) is 9.59 Å². The number of aliphatic carboxylic acids is 1. The Morgan fingerprint density at radius 3 is 2.88 bits per heavy atom. The van der Waals surface area contributed by atoms with E-state index in [-0.39, 0.29) is 30.2 Å². The van der Waals surface area contributed by atoms with Crippen molar-refractivity contribution >= 4 is 36.0 Å². The summed E-state index contributed by atoms with van der Waals surface area (Å²) in [7, 11) is 0. The van der Waals surface area contributed by atoms with E-state index >= 15 is 0 Å². The standard InChI is InChI=1S/C9H12N2O3S.ClH/c1-2-9(8(13)14)3-11-6(12)5(10)7(11)15-4-9;/h2,5,7H,1,3-4,10H2,(H,13,14);1H/t5?,7-,9?;/m1./s1. The number of carboxylic acids is 1. The molecule has 2 unspecified atom stereocenters. The van der Waals surface area contributed by atoms with Crippen molar-refractivity contribution in [3.05, 3.63) is 12.7 Å². The van der Waals surface area contributed by atoms with Crippen LogP contribution >= 0.6 is 24.2 Å². The van der Waals surface area contributed by atoms with Crippen molar-refractivity contribution in [1.29, 1.82) is 0 Å². The zero-order chi connectivity index (χ0) is 11.2. The predicted octanol–water partition coefficient (Wildman–Crippen LogP) is -0.0924. The number of nitrogens with zero attached hydrogens (tertiary/aromatic N) is 1. The minimum absolute atomic E-state index is 0. The molecule has 16 heavy (non-hydrogen) atoms. The molecule has 7 heteroatoms. The topological polar surface area (TPSA) is 83.6 Å². The van der Waals surface area contributed by atoms with E-state index < -0.39 is 17.4 Å². The number of hydrogen-bond acceptors (Lipinski definition) is 4. The van der Waals surface area contributed by atoms with Gasteiger partial charge in [-0.1, -0.05) is 6.08 Å². The highest BCUT2D eigenvalue weighted by atomic mass is 35.5. The van der Waals surface area contributed by atoms with Gasteiger partial charge in [0.25, 0.3) is 0 Å². The molecule has 0 radical (unpaired) electrons. The number of fused-ring (bicyclic) bond motifs is 1. The second kappa shape index (κ2) is 4.27. The number of carbonyl (C=O) groups excluding carboxylic acids is 1. The lowest BCUT2D eigenvalue weighted by atomic mass is 9.87. The van der Waals surface area contributed by atoms with E-state index in [1.54, 1.807) is 0 Å². The van der Waals surface area contributed by atoms with E-state index in [4.69, 9.17) is 10.8 Å². The molecule has 90 valence electrons. The summed E-state index contributed by atoms with van der Waals surface area (Å²) in [6.07, 6.45) is 1.41. The van der Waals surface area contributed by atoms with Crippen LogP contribution in [0.2, 0.25) is 0 Å². The first-order valence-corrected chi connectivity index (χ1v) is 5.61. The lowest BCUT2D eigenvalue weighted by Gasteiger charge is -2.52. The molecule has 1 amide bonds. The summed E-state index contributed by atoms with van der Waals surface area (Å²) >= 11 is 1.41. The monoisotopic (exact) mass is 264 g/mol. The summed E-state index contributed by atoms with van der Waals surface area (Å²) in [6.45, 7) is 3.73. The van der Waals surface area contributed by atoms with E-state index in [1.807, 2.05) is 0 Å². The van der Waals surface area contributed by atoms with Gasteiger partial charge in [-0.15, -0.1) is 30.7 Å². The van der Waals surface area contributed by atoms with Gasteiger partial charge in [0.2, 0.25) is 5.91 Å². The van der Waals surface area contributed by atoms with Crippen molar-refractivity contribution < 1.29 is 14.7 Å². The molecular formula is C9H13ClN2O3S. The molecule has 2 fully saturated rings. The van der Waals surface area contributed by atoms with E-state index in [9.17, 15) is 9.59 Å². The summed E-state index contributed by atoms with van der Waals surface area (Å²) in [5, 5.41) is 9.06. The van der Waals surface area contributed by atoms with Crippen molar-refractivity contribution in [2.45, 2.75) is 11.4 Å². The van der Waals surface area contributed by atoms with E-state index in [0.717, 1.165) is 0 Å². The van der Waals surface area contributed by atoms with Crippen LogP contribution in [0.1, 0.15) is 0 Å². The average molecular weight is 265 g/mol. The third-order valence-electron chi connectivity index (χ3n) is 2.96. The summed E-state index contributed by atoms with van der Waals surface area (Å²) in [5.41, 5.74) is 4.58. The van der Waals surface area contributed by atoms with Gasteiger partial charge < -0.3 is 15.7 Å². The quantitative estimate of drug-likeness (QED) is 0.538. The molecule has 0 bridgehead atoms.